The van der Waals surface area contributed by atoms with Gasteiger partial charge in [0.15, 0.2) is 24.1 Å². The molecule has 1 aliphatic carbocycles. The SMILES string of the molecule is COc1cc([C@@H]2c3cc4c(cc3[C@@H](O[C@@H]3O[C@@H]5CO[C@@H](C)O[C@H]5[C@H](O)[C@H]3O)[C@H]3COC(=O)[C@H]23)OCO4)cc(OC)c1C(C)(C)C. The quantitative estimate of drug-likeness (QED) is 0.471. The van der Waals surface area contributed by atoms with Crippen LogP contribution in [0.25, 0.3) is 0 Å². The van der Waals surface area contributed by atoms with Crippen molar-refractivity contribution in [3.05, 3.63) is 46.5 Å². The molecule has 4 heterocycles. The van der Waals surface area contributed by atoms with E-state index < -0.39 is 60.9 Å². The van der Waals surface area contributed by atoms with Gasteiger partial charge in [-0.05, 0) is 53.3 Å². The molecular formula is C33H40O12. The molecule has 2 N–H and O–H groups in total. The molecule has 0 amide bonds. The fraction of sp³-hybridized carbons (Fsp3) is 0.606. The predicted octanol–water partition coefficient (Wildman–Crippen LogP) is 2.93. The highest BCUT2D eigenvalue weighted by Gasteiger charge is 2.56. The number of aliphatic hydroxyl groups excluding tert-OH is 2. The molecule has 2 aromatic carbocycles. The predicted molar refractivity (Wildman–Crippen MR) is 155 cm³/mol. The Morgan fingerprint density at radius 1 is 0.867 bits per heavy atom. The Balaban J connectivity index is 1.33. The number of benzene rings is 2. The summed E-state index contributed by atoms with van der Waals surface area (Å²) in [4.78, 5) is 13.6. The summed E-state index contributed by atoms with van der Waals surface area (Å²) in [6, 6.07) is 7.65. The molecule has 244 valence electrons. The van der Waals surface area contributed by atoms with Gasteiger partial charge in [-0.25, -0.2) is 0 Å². The number of aliphatic hydroxyl groups is 2. The Bertz CT molecular complexity index is 1440. The molecule has 12 heteroatoms. The molecule has 2 aromatic rings. The van der Waals surface area contributed by atoms with E-state index in [1.165, 1.54) is 0 Å². The van der Waals surface area contributed by atoms with Crippen molar-refractivity contribution in [2.45, 2.75) is 82.1 Å². The number of cyclic esters (lactones) is 1. The van der Waals surface area contributed by atoms with Gasteiger partial charge in [-0.15, -0.1) is 0 Å². The molecule has 0 saturated carbocycles. The molecular weight excluding hydrogens is 588 g/mol. The Morgan fingerprint density at radius 2 is 1.53 bits per heavy atom. The fourth-order valence-corrected chi connectivity index (χ4v) is 7.49. The Morgan fingerprint density at radius 3 is 2.18 bits per heavy atom. The number of rotatable bonds is 5. The second-order valence-electron chi connectivity index (χ2n) is 13.3. The van der Waals surface area contributed by atoms with Crippen LogP contribution in [0, 0.1) is 11.8 Å². The molecule has 3 saturated heterocycles. The number of hydrogen-bond donors (Lipinski definition) is 2. The minimum atomic E-state index is -1.42. The molecule has 45 heavy (non-hydrogen) atoms. The highest BCUT2D eigenvalue weighted by atomic mass is 16.8. The van der Waals surface area contributed by atoms with E-state index in [0.717, 1.165) is 22.3 Å². The van der Waals surface area contributed by atoms with Crippen LogP contribution >= 0.6 is 0 Å². The summed E-state index contributed by atoms with van der Waals surface area (Å²) in [7, 11) is 3.24. The Kier molecular flexibility index (Phi) is 7.65. The van der Waals surface area contributed by atoms with Crippen LogP contribution < -0.4 is 18.9 Å². The van der Waals surface area contributed by atoms with E-state index in [1.54, 1.807) is 21.1 Å². The van der Waals surface area contributed by atoms with Crippen molar-refractivity contribution in [3.63, 3.8) is 0 Å². The molecule has 0 bridgehead atoms. The van der Waals surface area contributed by atoms with Crippen LogP contribution in [0.1, 0.15) is 62.0 Å². The molecule has 4 aliphatic heterocycles. The van der Waals surface area contributed by atoms with E-state index in [1.807, 2.05) is 24.3 Å². The van der Waals surface area contributed by atoms with Crippen molar-refractivity contribution < 1.29 is 57.6 Å². The zero-order chi connectivity index (χ0) is 31.8. The molecule has 0 radical (unpaired) electrons. The first kappa shape index (κ1) is 30.5. The maximum Gasteiger partial charge on any atom is 0.310 e. The molecule has 7 rings (SSSR count). The van der Waals surface area contributed by atoms with Crippen LogP contribution in [0.5, 0.6) is 23.0 Å². The summed E-state index contributed by atoms with van der Waals surface area (Å²) in [5.74, 6) is 0.426. The lowest BCUT2D eigenvalue weighted by Crippen LogP contribution is -2.63. The van der Waals surface area contributed by atoms with Gasteiger partial charge in [-0.3, -0.25) is 4.79 Å². The summed E-state index contributed by atoms with van der Waals surface area (Å²) in [6.07, 6.45) is -6.65. The zero-order valence-corrected chi connectivity index (χ0v) is 26.2. The van der Waals surface area contributed by atoms with Crippen LogP contribution in [-0.4, -0.2) is 87.4 Å². The van der Waals surface area contributed by atoms with Gasteiger partial charge in [0.05, 0.1) is 39.5 Å². The molecule has 3 fully saturated rings. The van der Waals surface area contributed by atoms with Gasteiger partial charge in [-0.2, -0.15) is 0 Å². The van der Waals surface area contributed by atoms with Crippen LogP contribution in [-0.2, 0) is 33.9 Å². The van der Waals surface area contributed by atoms with Gasteiger partial charge in [0.1, 0.15) is 35.9 Å². The summed E-state index contributed by atoms with van der Waals surface area (Å²) in [5, 5.41) is 22.1. The smallest absolute Gasteiger partial charge is 0.310 e. The number of fused-ring (bicyclic) bond motifs is 4. The summed E-state index contributed by atoms with van der Waals surface area (Å²) >= 11 is 0. The lowest BCUT2D eigenvalue weighted by Gasteiger charge is -2.47. The lowest BCUT2D eigenvalue weighted by atomic mass is 9.65. The maximum absolute atomic E-state index is 13.6. The average Bonchev–Trinajstić information content (AvgIpc) is 3.63. The Hall–Kier alpha value is -3.13. The molecule has 0 spiro atoms. The number of carbonyl (C=O) groups is 1. The van der Waals surface area contributed by atoms with Crippen molar-refractivity contribution in [3.8, 4) is 23.0 Å². The molecule has 0 unspecified atom stereocenters. The van der Waals surface area contributed by atoms with Gasteiger partial charge >= 0.3 is 5.97 Å². The van der Waals surface area contributed by atoms with E-state index >= 15 is 0 Å². The van der Waals surface area contributed by atoms with Crippen molar-refractivity contribution in [1.29, 1.82) is 0 Å². The first-order valence-corrected chi connectivity index (χ1v) is 15.3. The third kappa shape index (κ3) is 5.02. The standard InChI is InChI=1S/C33H40O12/c1-14-39-12-23-30(43-14)27(34)28(35)32(44-23)45-29-17-10-20-19(41-13-42-20)9-16(17)24(25-18(29)11-40-31(25)36)15-7-21(37-5)26(33(2,3)4)22(8-15)38-6/h7-10,14,18,23-25,27-30,32,34-35H,11-13H2,1-6H3/t14-,18+,23-,24-,25+,27-,28-,29-,30-,32+/m1/s1. The third-order valence-electron chi connectivity index (χ3n) is 9.52. The summed E-state index contributed by atoms with van der Waals surface area (Å²) in [5.41, 5.74) is 2.95. The normalized spacial score (nSPS) is 35.2. The second kappa shape index (κ2) is 11.3. The average molecular weight is 629 g/mol. The first-order valence-electron chi connectivity index (χ1n) is 15.3. The van der Waals surface area contributed by atoms with E-state index in [0.29, 0.717) is 23.0 Å². The second-order valence-corrected chi connectivity index (χ2v) is 13.3. The summed E-state index contributed by atoms with van der Waals surface area (Å²) in [6.45, 7) is 8.29. The monoisotopic (exact) mass is 628 g/mol. The number of ether oxygens (including phenoxy) is 9. The zero-order valence-electron chi connectivity index (χ0n) is 26.2. The van der Waals surface area contributed by atoms with Crippen molar-refractivity contribution in [2.24, 2.45) is 11.8 Å². The molecule has 10 atom stereocenters. The van der Waals surface area contributed by atoms with E-state index in [4.69, 9.17) is 42.6 Å². The molecule has 12 nitrogen and oxygen atoms in total. The van der Waals surface area contributed by atoms with E-state index in [2.05, 4.69) is 20.8 Å². The van der Waals surface area contributed by atoms with Gasteiger partial charge in [0.2, 0.25) is 6.79 Å². The van der Waals surface area contributed by atoms with E-state index in [9.17, 15) is 15.0 Å². The maximum atomic E-state index is 13.6. The minimum absolute atomic E-state index is 0.0589. The van der Waals surface area contributed by atoms with Gasteiger partial charge in [0.25, 0.3) is 0 Å². The van der Waals surface area contributed by atoms with Gasteiger partial charge in [0, 0.05) is 17.4 Å². The lowest BCUT2D eigenvalue weighted by molar-refractivity contribution is -0.364. The topological polar surface area (TPSA) is 141 Å². The van der Waals surface area contributed by atoms with Crippen LogP contribution in [0.4, 0.5) is 0 Å². The molecule has 5 aliphatic rings. The first-order chi connectivity index (χ1) is 21.5. The van der Waals surface area contributed by atoms with Crippen molar-refractivity contribution in [1.82, 2.24) is 0 Å². The van der Waals surface area contributed by atoms with Crippen LogP contribution in [0.2, 0.25) is 0 Å². The summed E-state index contributed by atoms with van der Waals surface area (Å²) < 4.78 is 53.0. The highest BCUT2D eigenvalue weighted by Crippen LogP contribution is 2.57. The van der Waals surface area contributed by atoms with Crippen molar-refractivity contribution >= 4 is 5.97 Å². The Labute approximate surface area is 261 Å². The number of esters is 1. The number of carbonyl (C=O) groups excluding carboxylic acids is 1. The highest BCUT2D eigenvalue weighted by molar-refractivity contribution is 5.79. The largest absolute Gasteiger partial charge is 0.496 e. The number of methoxy groups -OCH3 is 2. The minimum Gasteiger partial charge on any atom is -0.496 e. The van der Waals surface area contributed by atoms with Crippen molar-refractivity contribution in [2.75, 3.05) is 34.2 Å². The van der Waals surface area contributed by atoms with E-state index in [-0.39, 0.29) is 31.4 Å². The third-order valence-corrected chi connectivity index (χ3v) is 9.52. The van der Waals surface area contributed by atoms with Gasteiger partial charge < -0.3 is 52.8 Å². The van der Waals surface area contributed by atoms with Crippen LogP contribution in [0.15, 0.2) is 24.3 Å². The van der Waals surface area contributed by atoms with Crippen LogP contribution in [0.3, 0.4) is 0 Å². The number of hydrogen-bond acceptors (Lipinski definition) is 12. The molecule has 0 aromatic heterocycles. The van der Waals surface area contributed by atoms with Gasteiger partial charge in [-0.1, -0.05) is 20.8 Å². The fourth-order valence-electron chi connectivity index (χ4n) is 7.49.